The molecule has 4 heterocycles. The molecule has 0 spiro atoms. The van der Waals surface area contributed by atoms with Crippen LogP contribution >= 0.6 is 0 Å². The molecule has 3 aromatic heterocycles. The third kappa shape index (κ3) is 4.46. The molecule has 168 valence electrons. The van der Waals surface area contributed by atoms with E-state index in [1.165, 1.54) is 0 Å². The molecule has 1 fully saturated rings. The van der Waals surface area contributed by atoms with E-state index in [1.54, 1.807) is 19.5 Å². The number of aromatic nitrogens is 5. The fourth-order valence-corrected chi connectivity index (χ4v) is 3.73. The van der Waals surface area contributed by atoms with Crippen LogP contribution in [0.1, 0.15) is 5.69 Å². The summed E-state index contributed by atoms with van der Waals surface area (Å²) in [4.78, 5) is 24.7. The Kier molecular flexibility index (Phi) is 5.57. The van der Waals surface area contributed by atoms with Gasteiger partial charge in [-0.1, -0.05) is 0 Å². The van der Waals surface area contributed by atoms with E-state index in [2.05, 4.69) is 25.2 Å². The molecule has 0 saturated carbocycles. The summed E-state index contributed by atoms with van der Waals surface area (Å²) < 4.78 is 10.8. The van der Waals surface area contributed by atoms with E-state index in [-0.39, 0.29) is 5.95 Å². The number of ether oxygens (including phenoxy) is 2. The molecule has 10 nitrogen and oxygen atoms in total. The largest absolute Gasteiger partial charge is 0.497 e. The van der Waals surface area contributed by atoms with Gasteiger partial charge in [0.05, 0.1) is 49.1 Å². The second-order valence-electron chi connectivity index (χ2n) is 7.67. The monoisotopic (exact) mass is 444 g/mol. The van der Waals surface area contributed by atoms with Crippen molar-refractivity contribution in [2.75, 3.05) is 49.4 Å². The van der Waals surface area contributed by atoms with E-state index in [1.807, 2.05) is 37.3 Å². The van der Waals surface area contributed by atoms with Crippen LogP contribution in [0, 0.1) is 6.92 Å². The predicted octanol–water partition coefficient (Wildman–Crippen LogP) is 2.96. The number of hydrogen-bond acceptors (Lipinski definition) is 10. The summed E-state index contributed by atoms with van der Waals surface area (Å²) in [5.74, 6) is 2.26. The lowest BCUT2D eigenvalue weighted by molar-refractivity contribution is 0.122. The van der Waals surface area contributed by atoms with Gasteiger partial charge in [-0.3, -0.25) is 4.98 Å². The third-order valence-corrected chi connectivity index (χ3v) is 5.44. The van der Waals surface area contributed by atoms with Crippen molar-refractivity contribution < 1.29 is 9.47 Å². The van der Waals surface area contributed by atoms with Gasteiger partial charge >= 0.3 is 0 Å². The molecule has 1 aliphatic heterocycles. The Morgan fingerprint density at radius 2 is 1.88 bits per heavy atom. The van der Waals surface area contributed by atoms with Crippen molar-refractivity contribution in [3.63, 3.8) is 0 Å². The van der Waals surface area contributed by atoms with E-state index in [4.69, 9.17) is 25.2 Å². The molecule has 4 aromatic rings. The van der Waals surface area contributed by atoms with Crippen molar-refractivity contribution >= 4 is 34.3 Å². The van der Waals surface area contributed by atoms with Gasteiger partial charge in [0, 0.05) is 36.3 Å². The van der Waals surface area contributed by atoms with Crippen LogP contribution in [-0.2, 0) is 4.74 Å². The zero-order valence-electron chi connectivity index (χ0n) is 18.4. The predicted molar refractivity (Wildman–Crippen MR) is 127 cm³/mol. The number of aryl methyl sites for hydroxylation is 1. The summed E-state index contributed by atoms with van der Waals surface area (Å²) in [5, 5.41) is 4.34. The standard InChI is InChI=1S/C23H24N8O2/c1-14-18(13-26-22(24)27-14)20-11-21(30-23(29-20)31-5-7-33-8-6-31)28-16-9-15-10-17(32-2)3-4-19(15)25-12-16/h3-4,9-13H,5-8H2,1-2H3,(H2,24,26,27)(H,28,29,30). The minimum Gasteiger partial charge on any atom is -0.497 e. The van der Waals surface area contributed by atoms with Crippen LogP contribution in [0.2, 0.25) is 0 Å². The van der Waals surface area contributed by atoms with Crippen molar-refractivity contribution in [3.05, 3.63) is 48.4 Å². The summed E-state index contributed by atoms with van der Waals surface area (Å²) in [6, 6.07) is 9.67. The van der Waals surface area contributed by atoms with Crippen LogP contribution in [0.25, 0.3) is 22.2 Å². The van der Waals surface area contributed by atoms with E-state index < -0.39 is 0 Å². The molecule has 0 amide bonds. The van der Waals surface area contributed by atoms with Gasteiger partial charge < -0.3 is 25.4 Å². The number of hydrogen-bond donors (Lipinski definition) is 2. The normalized spacial score (nSPS) is 13.8. The number of anilines is 4. The van der Waals surface area contributed by atoms with Gasteiger partial charge in [-0.25, -0.2) is 15.0 Å². The number of rotatable bonds is 5. The molecule has 5 rings (SSSR count). The average molecular weight is 444 g/mol. The van der Waals surface area contributed by atoms with Crippen LogP contribution in [0.4, 0.5) is 23.4 Å². The molecule has 1 aliphatic rings. The van der Waals surface area contributed by atoms with Gasteiger partial charge in [0.1, 0.15) is 11.6 Å². The molecule has 3 N–H and O–H groups in total. The lowest BCUT2D eigenvalue weighted by Crippen LogP contribution is -2.37. The summed E-state index contributed by atoms with van der Waals surface area (Å²) in [6.07, 6.45) is 3.47. The Balaban J connectivity index is 1.55. The van der Waals surface area contributed by atoms with Crippen LogP contribution in [0.15, 0.2) is 42.7 Å². The Hall–Kier alpha value is -4.05. The quantitative estimate of drug-likeness (QED) is 0.475. The van der Waals surface area contributed by atoms with Gasteiger partial charge in [0.15, 0.2) is 0 Å². The molecule has 0 unspecified atom stereocenters. The number of nitrogens with zero attached hydrogens (tertiary/aromatic N) is 6. The van der Waals surface area contributed by atoms with E-state index in [0.29, 0.717) is 30.7 Å². The number of fused-ring (bicyclic) bond motifs is 1. The Bertz CT molecular complexity index is 1310. The summed E-state index contributed by atoms with van der Waals surface area (Å²) >= 11 is 0. The maximum absolute atomic E-state index is 5.75. The van der Waals surface area contributed by atoms with Crippen LogP contribution in [0.3, 0.4) is 0 Å². The van der Waals surface area contributed by atoms with Crippen molar-refractivity contribution in [1.82, 2.24) is 24.9 Å². The van der Waals surface area contributed by atoms with Gasteiger partial charge in [0.25, 0.3) is 0 Å². The van der Waals surface area contributed by atoms with E-state index in [0.717, 1.165) is 46.7 Å². The van der Waals surface area contributed by atoms with Crippen LogP contribution in [0.5, 0.6) is 5.75 Å². The van der Waals surface area contributed by atoms with Gasteiger partial charge in [0.2, 0.25) is 11.9 Å². The average Bonchev–Trinajstić information content (AvgIpc) is 2.84. The summed E-state index contributed by atoms with van der Waals surface area (Å²) in [7, 11) is 1.65. The number of methoxy groups -OCH3 is 1. The lowest BCUT2D eigenvalue weighted by atomic mass is 10.1. The molecule has 0 atom stereocenters. The van der Waals surface area contributed by atoms with Crippen molar-refractivity contribution in [3.8, 4) is 17.0 Å². The molecule has 0 bridgehead atoms. The van der Waals surface area contributed by atoms with Crippen LogP contribution in [-0.4, -0.2) is 58.3 Å². The number of morpholine rings is 1. The van der Waals surface area contributed by atoms with E-state index >= 15 is 0 Å². The van der Waals surface area contributed by atoms with E-state index in [9.17, 15) is 0 Å². The Morgan fingerprint density at radius 3 is 2.67 bits per heavy atom. The number of nitrogens with one attached hydrogen (secondary N) is 1. The SMILES string of the molecule is COc1ccc2ncc(Nc3cc(-c4cnc(N)nc4C)nc(N4CCOCC4)n3)cc2c1. The lowest BCUT2D eigenvalue weighted by Gasteiger charge is -2.27. The zero-order chi connectivity index (χ0) is 22.8. The molecule has 33 heavy (non-hydrogen) atoms. The molecular formula is C23H24N8O2. The third-order valence-electron chi connectivity index (χ3n) is 5.44. The second kappa shape index (κ2) is 8.83. The minimum atomic E-state index is 0.231. The molecule has 1 saturated heterocycles. The number of pyridine rings is 1. The molecular weight excluding hydrogens is 420 g/mol. The highest BCUT2D eigenvalue weighted by molar-refractivity contribution is 5.84. The van der Waals surface area contributed by atoms with Crippen molar-refractivity contribution in [2.24, 2.45) is 0 Å². The summed E-state index contributed by atoms with van der Waals surface area (Å²) in [5.41, 5.74) is 9.69. The highest BCUT2D eigenvalue weighted by Gasteiger charge is 2.18. The van der Waals surface area contributed by atoms with Crippen molar-refractivity contribution in [2.45, 2.75) is 6.92 Å². The maximum atomic E-state index is 5.75. The van der Waals surface area contributed by atoms with Crippen LogP contribution < -0.4 is 20.7 Å². The Labute approximate surface area is 190 Å². The first-order chi connectivity index (χ1) is 16.1. The first-order valence-electron chi connectivity index (χ1n) is 10.6. The zero-order valence-corrected chi connectivity index (χ0v) is 18.4. The fourth-order valence-electron chi connectivity index (χ4n) is 3.73. The first kappa shape index (κ1) is 20.8. The topological polar surface area (TPSA) is 124 Å². The first-order valence-corrected chi connectivity index (χ1v) is 10.6. The van der Waals surface area contributed by atoms with Gasteiger partial charge in [-0.15, -0.1) is 0 Å². The maximum Gasteiger partial charge on any atom is 0.228 e. The molecule has 1 aromatic carbocycles. The molecule has 10 heteroatoms. The molecule has 0 aliphatic carbocycles. The van der Waals surface area contributed by atoms with Gasteiger partial charge in [-0.2, -0.15) is 4.98 Å². The smallest absolute Gasteiger partial charge is 0.228 e. The van der Waals surface area contributed by atoms with Gasteiger partial charge in [-0.05, 0) is 31.2 Å². The minimum absolute atomic E-state index is 0.231. The highest BCUT2D eigenvalue weighted by atomic mass is 16.5. The summed E-state index contributed by atoms with van der Waals surface area (Å²) in [6.45, 7) is 4.60. The second-order valence-corrected chi connectivity index (χ2v) is 7.67. The molecule has 0 radical (unpaired) electrons. The number of benzene rings is 1. The Morgan fingerprint density at radius 1 is 1.03 bits per heavy atom. The number of nitrogens with two attached hydrogens (primary N) is 1. The number of nitrogen functional groups attached to an aromatic ring is 1. The highest BCUT2D eigenvalue weighted by Crippen LogP contribution is 2.28. The van der Waals surface area contributed by atoms with Crippen molar-refractivity contribution in [1.29, 1.82) is 0 Å². The fraction of sp³-hybridized carbons (Fsp3) is 0.261.